The molecule has 1 aromatic heterocycles. The molecule has 1 fully saturated rings. The van der Waals surface area contributed by atoms with E-state index in [0.717, 1.165) is 18.5 Å². The van der Waals surface area contributed by atoms with E-state index in [-0.39, 0.29) is 12.0 Å². The lowest BCUT2D eigenvalue weighted by Gasteiger charge is -2.33. The molecule has 0 saturated carbocycles. The quantitative estimate of drug-likeness (QED) is 0.910. The van der Waals surface area contributed by atoms with Crippen molar-refractivity contribution in [3.8, 4) is 11.3 Å². The maximum atomic E-state index is 12.9. The minimum atomic E-state index is -0.00972. The van der Waals surface area contributed by atoms with Crippen molar-refractivity contribution in [3.05, 3.63) is 42.4 Å². The molecule has 0 aliphatic carbocycles. The number of hydrogen-bond donors (Lipinski definition) is 1. The zero-order chi connectivity index (χ0) is 16.9. The fraction of sp³-hybridized carbons (Fsp3) is 0.444. The molecule has 6 nitrogen and oxygen atoms in total. The van der Waals surface area contributed by atoms with E-state index in [4.69, 9.17) is 4.74 Å². The van der Waals surface area contributed by atoms with E-state index in [1.165, 1.54) is 0 Å². The summed E-state index contributed by atoms with van der Waals surface area (Å²) in [6.45, 7) is 2.77. The third-order valence-electron chi connectivity index (χ3n) is 4.22. The predicted molar refractivity (Wildman–Crippen MR) is 92.8 cm³/mol. The summed E-state index contributed by atoms with van der Waals surface area (Å²) in [4.78, 5) is 24.3. The largest absolute Gasteiger partial charge is 0.374 e. The molecule has 128 valence electrons. The topological polar surface area (TPSA) is 61.5 Å². The van der Waals surface area contributed by atoms with Gasteiger partial charge in [-0.15, -0.1) is 0 Å². The number of nitrogens with zero attached hydrogens (tertiary/aromatic N) is 3. The molecule has 1 unspecified atom stereocenters. The maximum absolute atomic E-state index is 12.9. The van der Waals surface area contributed by atoms with E-state index < -0.39 is 0 Å². The van der Waals surface area contributed by atoms with Crippen LogP contribution in [0, 0.1) is 0 Å². The summed E-state index contributed by atoms with van der Waals surface area (Å²) >= 11 is 0. The van der Waals surface area contributed by atoms with Crippen molar-refractivity contribution in [2.75, 3.05) is 40.3 Å². The number of amides is 1. The van der Waals surface area contributed by atoms with E-state index in [1.54, 1.807) is 6.33 Å². The van der Waals surface area contributed by atoms with Gasteiger partial charge in [0.1, 0.15) is 11.4 Å². The van der Waals surface area contributed by atoms with Crippen LogP contribution in [0.1, 0.15) is 16.9 Å². The summed E-state index contributed by atoms with van der Waals surface area (Å²) in [6, 6.07) is 9.78. The minimum absolute atomic E-state index is 0.00972. The Hall–Kier alpha value is -2.18. The molecular weight excluding hydrogens is 304 g/mol. The fourth-order valence-electron chi connectivity index (χ4n) is 2.91. The van der Waals surface area contributed by atoms with Gasteiger partial charge in [-0.3, -0.25) is 4.79 Å². The Morgan fingerprint density at radius 2 is 2.17 bits per heavy atom. The number of benzene rings is 1. The highest BCUT2D eigenvalue weighted by atomic mass is 16.5. The van der Waals surface area contributed by atoms with Gasteiger partial charge in [0.2, 0.25) is 0 Å². The molecular formula is C18H24N4O2. The summed E-state index contributed by atoms with van der Waals surface area (Å²) in [5.74, 6) is -0.00972. The molecule has 3 rings (SSSR count). The third-order valence-corrected chi connectivity index (χ3v) is 4.22. The molecule has 0 bridgehead atoms. The molecule has 1 saturated heterocycles. The van der Waals surface area contributed by atoms with Gasteiger partial charge in [0, 0.05) is 25.2 Å². The zero-order valence-electron chi connectivity index (χ0n) is 14.2. The number of carbonyl (C=O) groups excluding carboxylic acids is 1. The van der Waals surface area contributed by atoms with Gasteiger partial charge in [-0.05, 0) is 20.5 Å². The first-order chi connectivity index (χ1) is 11.6. The predicted octanol–water partition coefficient (Wildman–Crippen LogP) is 1.87. The van der Waals surface area contributed by atoms with Gasteiger partial charge < -0.3 is 19.5 Å². The Kier molecular flexibility index (Phi) is 5.27. The van der Waals surface area contributed by atoms with E-state index in [2.05, 4.69) is 14.9 Å². The zero-order valence-corrected chi connectivity index (χ0v) is 14.2. The Morgan fingerprint density at radius 3 is 2.92 bits per heavy atom. The Morgan fingerprint density at radius 1 is 1.38 bits per heavy atom. The Balaban J connectivity index is 1.72. The molecule has 1 aliphatic heterocycles. The van der Waals surface area contributed by atoms with Crippen LogP contribution in [-0.2, 0) is 4.74 Å². The maximum Gasteiger partial charge on any atom is 0.272 e. The van der Waals surface area contributed by atoms with Gasteiger partial charge in [-0.25, -0.2) is 4.98 Å². The Labute approximate surface area is 142 Å². The fourth-order valence-corrected chi connectivity index (χ4v) is 2.91. The summed E-state index contributed by atoms with van der Waals surface area (Å²) in [5.41, 5.74) is 2.20. The van der Waals surface area contributed by atoms with Gasteiger partial charge in [0.15, 0.2) is 0 Å². The SMILES string of the molecule is CN(C)CCC1CN(C(=O)c2[nH]cnc2-c2ccccc2)CCO1. The molecule has 0 spiro atoms. The molecule has 1 aromatic carbocycles. The summed E-state index contributed by atoms with van der Waals surface area (Å²) in [7, 11) is 4.09. The van der Waals surface area contributed by atoms with Gasteiger partial charge in [0.05, 0.1) is 19.0 Å². The monoisotopic (exact) mass is 328 g/mol. The van der Waals surface area contributed by atoms with Gasteiger partial charge in [0.25, 0.3) is 5.91 Å². The lowest BCUT2D eigenvalue weighted by Crippen LogP contribution is -2.46. The number of ether oxygens (including phenoxy) is 1. The highest BCUT2D eigenvalue weighted by molar-refractivity contribution is 5.98. The first-order valence-corrected chi connectivity index (χ1v) is 8.29. The minimum Gasteiger partial charge on any atom is -0.374 e. The van der Waals surface area contributed by atoms with Crippen LogP contribution < -0.4 is 0 Å². The van der Waals surface area contributed by atoms with Gasteiger partial charge in [-0.1, -0.05) is 30.3 Å². The number of aromatic amines is 1. The van der Waals surface area contributed by atoms with Gasteiger partial charge in [-0.2, -0.15) is 0 Å². The second kappa shape index (κ2) is 7.59. The standard InChI is InChI=1S/C18H24N4O2/c1-21(2)9-8-15-12-22(10-11-24-15)18(23)17-16(19-13-20-17)14-6-4-3-5-7-14/h3-7,13,15H,8-12H2,1-2H3,(H,19,20). The van der Waals surface area contributed by atoms with E-state index in [9.17, 15) is 4.79 Å². The van der Waals surface area contributed by atoms with Crippen molar-refractivity contribution in [3.63, 3.8) is 0 Å². The number of H-pyrrole nitrogens is 1. The highest BCUT2D eigenvalue weighted by Gasteiger charge is 2.27. The number of morpholine rings is 1. The number of hydrogen-bond acceptors (Lipinski definition) is 4. The third kappa shape index (κ3) is 3.83. The molecule has 1 aliphatic rings. The molecule has 0 radical (unpaired) electrons. The second-order valence-corrected chi connectivity index (χ2v) is 6.33. The van der Waals surface area contributed by atoms with Crippen LogP contribution in [0.15, 0.2) is 36.7 Å². The van der Waals surface area contributed by atoms with Crippen LogP contribution in [0.5, 0.6) is 0 Å². The molecule has 1 amide bonds. The van der Waals surface area contributed by atoms with Crippen LogP contribution in [0.4, 0.5) is 0 Å². The van der Waals surface area contributed by atoms with Crippen molar-refractivity contribution >= 4 is 5.91 Å². The molecule has 1 N–H and O–H groups in total. The number of carbonyl (C=O) groups is 1. The van der Waals surface area contributed by atoms with Crippen LogP contribution in [0.25, 0.3) is 11.3 Å². The number of rotatable bonds is 5. The van der Waals surface area contributed by atoms with E-state index in [1.807, 2.05) is 49.3 Å². The van der Waals surface area contributed by atoms with Crippen molar-refractivity contribution in [2.24, 2.45) is 0 Å². The molecule has 2 heterocycles. The number of nitrogens with one attached hydrogen (secondary N) is 1. The molecule has 1 atom stereocenters. The van der Waals surface area contributed by atoms with Crippen LogP contribution in [0.2, 0.25) is 0 Å². The lowest BCUT2D eigenvalue weighted by atomic mass is 10.1. The summed E-state index contributed by atoms with van der Waals surface area (Å²) in [6.07, 6.45) is 2.60. The average molecular weight is 328 g/mol. The smallest absolute Gasteiger partial charge is 0.272 e. The van der Waals surface area contributed by atoms with Crippen molar-refractivity contribution in [1.82, 2.24) is 19.8 Å². The van der Waals surface area contributed by atoms with Crippen LogP contribution >= 0.6 is 0 Å². The summed E-state index contributed by atoms with van der Waals surface area (Å²) < 4.78 is 5.79. The molecule has 6 heteroatoms. The first kappa shape index (κ1) is 16.7. The normalized spacial score (nSPS) is 18.1. The number of aromatic nitrogens is 2. The molecule has 2 aromatic rings. The van der Waals surface area contributed by atoms with E-state index >= 15 is 0 Å². The lowest BCUT2D eigenvalue weighted by molar-refractivity contribution is -0.0271. The van der Waals surface area contributed by atoms with Crippen LogP contribution in [-0.4, -0.2) is 72.1 Å². The van der Waals surface area contributed by atoms with Crippen molar-refractivity contribution < 1.29 is 9.53 Å². The molecule has 24 heavy (non-hydrogen) atoms. The van der Waals surface area contributed by atoms with Crippen molar-refractivity contribution in [2.45, 2.75) is 12.5 Å². The first-order valence-electron chi connectivity index (χ1n) is 8.29. The average Bonchev–Trinajstić information content (AvgIpc) is 3.10. The summed E-state index contributed by atoms with van der Waals surface area (Å²) in [5, 5.41) is 0. The highest BCUT2D eigenvalue weighted by Crippen LogP contribution is 2.22. The van der Waals surface area contributed by atoms with Crippen LogP contribution in [0.3, 0.4) is 0 Å². The van der Waals surface area contributed by atoms with E-state index in [0.29, 0.717) is 31.1 Å². The van der Waals surface area contributed by atoms with Gasteiger partial charge >= 0.3 is 0 Å². The second-order valence-electron chi connectivity index (χ2n) is 6.33. The Bertz CT molecular complexity index is 669. The van der Waals surface area contributed by atoms with Crippen molar-refractivity contribution in [1.29, 1.82) is 0 Å². The number of imidazole rings is 1.